The molecule has 3 heterocycles. The van der Waals surface area contributed by atoms with Crippen LogP contribution in [0.15, 0.2) is 52.0 Å². The molecule has 0 atom stereocenters. The molecule has 3 aromatic rings. The van der Waals surface area contributed by atoms with Crippen molar-refractivity contribution in [1.82, 2.24) is 14.5 Å². The number of H-pyrrole nitrogens is 1. The number of furan rings is 1. The number of nitrogens with one attached hydrogen (secondary N) is 2. The molecule has 32 heavy (non-hydrogen) atoms. The maximum absolute atomic E-state index is 13.0. The van der Waals surface area contributed by atoms with E-state index in [1.807, 2.05) is 31.2 Å². The Labute approximate surface area is 188 Å². The lowest BCUT2D eigenvalue weighted by molar-refractivity contribution is -0.120. The van der Waals surface area contributed by atoms with Crippen molar-refractivity contribution in [1.29, 1.82) is 0 Å². The van der Waals surface area contributed by atoms with Crippen molar-refractivity contribution in [3.05, 3.63) is 53.7 Å². The van der Waals surface area contributed by atoms with Crippen LogP contribution in [0.25, 0.3) is 11.5 Å². The number of carbonyl (C=O) groups excluding carboxylic acids is 1. The molecule has 8 nitrogen and oxygen atoms in total. The third-order valence-corrected chi connectivity index (χ3v) is 7.58. The average Bonchev–Trinajstić information content (AvgIpc) is 3.44. The molecule has 0 aliphatic carbocycles. The zero-order valence-electron chi connectivity index (χ0n) is 18.5. The van der Waals surface area contributed by atoms with Crippen LogP contribution in [0.2, 0.25) is 0 Å². The summed E-state index contributed by atoms with van der Waals surface area (Å²) >= 11 is 0. The minimum Gasteiger partial charge on any atom is -0.442 e. The quantitative estimate of drug-likeness (QED) is 0.579. The molecule has 0 bridgehead atoms. The van der Waals surface area contributed by atoms with Gasteiger partial charge >= 0.3 is 0 Å². The SMILES string of the molecule is Cc1cc(-c2ccc(S(=O)(=O)N3CCC(C(=O)Nc4ccc(C(C)C)cc4)CC3)o2)n[nH]1. The average molecular weight is 457 g/mol. The van der Waals surface area contributed by atoms with Gasteiger partial charge in [0, 0.05) is 30.4 Å². The summed E-state index contributed by atoms with van der Waals surface area (Å²) in [6.45, 7) is 6.64. The number of rotatable bonds is 6. The van der Waals surface area contributed by atoms with Gasteiger partial charge in [-0.1, -0.05) is 26.0 Å². The van der Waals surface area contributed by atoms with E-state index in [9.17, 15) is 13.2 Å². The summed E-state index contributed by atoms with van der Waals surface area (Å²) in [5.41, 5.74) is 3.38. The minimum absolute atomic E-state index is 0.0754. The van der Waals surface area contributed by atoms with Crippen LogP contribution in [0.4, 0.5) is 5.69 Å². The lowest BCUT2D eigenvalue weighted by atomic mass is 9.97. The summed E-state index contributed by atoms with van der Waals surface area (Å²) < 4.78 is 33.0. The zero-order valence-corrected chi connectivity index (χ0v) is 19.3. The second kappa shape index (κ2) is 8.91. The Kier molecular flexibility index (Phi) is 6.21. The molecule has 0 spiro atoms. The summed E-state index contributed by atoms with van der Waals surface area (Å²) in [4.78, 5) is 12.7. The fourth-order valence-corrected chi connectivity index (χ4v) is 5.20. The Bertz CT molecular complexity index is 1190. The van der Waals surface area contributed by atoms with Crippen molar-refractivity contribution in [2.45, 2.75) is 44.6 Å². The summed E-state index contributed by atoms with van der Waals surface area (Å²) in [6.07, 6.45) is 0.919. The number of aryl methyl sites for hydroxylation is 1. The molecule has 1 aromatic carbocycles. The van der Waals surface area contributed by atoms with Crippen molar-refractivity contribution in [3.8, 4) is 11.5 Å². The van der Waals surface area contributed by atoms with E-state index in [1.54, 1.807) is 12.1 Å². The van der Waals surface area contributed by atoms with Crippen molar-refractivity contribution in [3.63, 3.8) is 0 Å². The molecule has 0 saturated carbocycles. The van der Waals surface area contributed by atoms with Gasteiger partial charge in [-0.3, -0.25) is 9.89 Å². The number of aromatic amines is 1. The standard InChI is InChI=1S/C23H28N4O4S/c1-15(2)17-4-6-19(7-5-17)24-23(28)18-10-12-27(13-11-18)32(29,30)22-9-8-21(31-22)20-14-16(3)25-26-20/h4-9,14-15,18H,10-13H2,1-3H3,(H,24,28)(H,25,26). The first kappa shape index (κ1) is 22.3. The topological polar surface area (TPSA) is 108 Å². The van der Waals surface area contributed by atoms with Crippen LogP contribution in [0, 0.1) is 12.8 Å². The number of benzene rings is 1. The number of nitrogens with zero attached hydrogens (tertiary/aromatic N) is 2. The van der Waals surface area contributed by atoms with Crippen LogP contribution in [-0.2, 0) is 14.8 Å². The smallest absolute Gasteiger partial charge is 0.276 e. The normalized spacial score (nSPS) is 15.9. The van der Waals surface area contributed by atoms with E-state index in [0.29, 0.717) is 30.2 Å². The van der Waals surface area contributed by atoms with E-state index in [0.717, 1.165) is 11.4 Å². The van der Waals surface area contributed by atoms with E-state index in [-0.39, 0.29) is 30.0 Å². The van der Waals surface area contributed by atoms with Gasteiger partial charge < -0.3 is 9.73 Å². The number of amides is 1. The lowest BCUT2D eigenvalue weighted by Crippen LogP contribution is -2.41. The van der Waals surface area contributed by atoms with E-state index in [1.165, 1.54) is 15.9 Å². The Morgan fingerprint density at radius 3 is 2.44 bits per heavy atom. The first-order valence-electron chi connectivity index (χ1n) is 10.8. The molecule has 1 aliphatic rings. The van der Waals surface area contributed by atoms with Crippen molar-refractivity contribution < 1.29 is 17.6 Å². The van der Waals surface area contributed by atoms with Crippen LogP contribution in [-0.4, -0.2) is 41.9 Å². The zero-order chi connectivity index (χ0) is 22.9. The molecule has 1 fully saturated rings. The Balaban J connectivity index is 1.36. The van der Waals surface area contributed by atoms with Gasteiger partial charge in [0.25, 0.3) is 10.0 Å². The highest BCUT2D eigenvalue weighted by Gasteiger charge is 2.34. The van der Waals surface area contributed by atoms with Gasteiger partial charge in [0.1, 0.15) is 5.69 Å². The number of hydrogen-bond acceptors (Lipinski definition) is 5. The summed E-state index contributed by atoms with van der Waals surface area (Å²) in [5.74, 6) is 0.518. The Morgan fingerprint density at radius 2 is 1.84 bits per heavy atom. The molecule has 1 aliphatic heterocycles. The molecule has 170 valence electrons. The number of piperidine rings is 1. The third kappa shape index (κ3) is 4.63. The molecule has 1 amide bonds. The first-order chi connectivity index (χ1) is 15.2. The number of hydrogen-bond donors (Lipinski definition) is 2. The summed E-state index contributed by atoms with van der Waals surface area (Å²) in [6, 6.07) is 12.7. The summed E-state index contributed by atoms with van der Waals surface area (Å²) in [7, 11) is -3.77. The van der Waals surface area contributed by atoms with Crippen molar-refractivity contribution in [2.24, 2.45) is 5.92 Å². The van der Waals surface area contributed by atoms with Crippen LogP contribution in [0.5, 0.6) is 0 Å². The Hall–Kier alpha value is -2.91. The minimum atomic E-state index is -3.77. The predicted octanol–water partition coefficient (Wildman–Crippen LogP) is 4.14. The first-order valence-corrected chi connectivity index (χ1v) is 12.2. The third-order valence-electron chi connectivity index (χ3n) is 5.80. The van der Waals surface area contributed by atoms with Crippen LogP contribution < -0.4 is 5.32 Å². The van der Waals surface area contributed by atoms with Crippen molar-refractivity contribution >= 4 is 21.6 Å². The van der Waals surface area contributed by atoms with E-state index < -0.39 is 10.0 Å². The van der Waals surface area contributed by atoms with Gasteiger partial charge in [-0.25, -0.2) is 8.42 Å². The molecule has 1 saturated heterocycles. The highest BCUT2D eigenvalue weighted by Crippen LogP contribution is 2.29. The van der Waals surface area contributed by atoms with E-state index in [4.69, 9.17) is 4.42 Å². The number of anilines is 1. The molecular formula is C23H28N4O4S. The summed E-state index contributed by atoms with van der Waals surface area (Å²) in [5, 5.41) is 9.75. The fraction of sp³-hybridized carbons (Fsp3) is 0.391. The number of aromatic nitrogens is 2. The highest BCUT2D eigenvalue weighted by atomic mass is 32.2. The van der Waals surface area contributed by atoms with Crippen LogP contribution >= 0.6 is 0 Å². The van der Waals surface area contributed by atoms with E-state index >= 15 is 0 Å². The van der Waals surface area contributed by atoms with Gasteiger partial charge in [-0.15, -0.1) is 0 Å². The van der Waals surface area contributed by atoms with Gasteiger partial charge in [-0.2, -0.15) is 9.40 Å². The van der Waals surface area contributed by atoms with Crippen LogP contribution in [0.1, 0.15) is 43.9 Å². The molecule has 2 N–H and O–H groups in total. The van der Waals surface area contributed by atoms with E-state index in [2.05, 4.69) is 29.4 Å². The Morgan fingerprint density at radius 1 is 1.16 bits per heavy atom. The lowest BCUT2D eigenvalue weighted by Gasteiger charge is -2.29. The molecular weight excluding hydrogens is 428 g/mol. The predicted molar refractivity (Wildman–Crippen MR) is 122 cm³/mol. The second-order valence-electron chi connectivity index (χ2n) is 8.50. The van der Waals surface area contributed by atoms with Gasteiger partial charge in [0.2, 0.25) is 11.0 Å². The maximum atomic E-state index is 13.0. The highest BCUT2D eigenvalue weighted by molar-refractivity contribution is 7.89. The number of sulfonamides is 1. The molecule has 4 rings (SSSR count). The molecule has 0 unspecified atom stereocenters. The monoisotopic (exact) mass is 456 g/mol. The van der Waals surface area contributed by atoms with Crippen molar-refractivity contribution in [2.75, 3.05) is 18.4 Å². The van der Waals surface area contributed by atoms with Gasteiger partial charge in [0.15, 0.2) is 5.76 Å². The number of carbonyl (C=O) groups is 1. The van der Waals surface area contributed by atoms with Gasteiger partial charge in [-0.05, 0) is 61.6 Å². The molecule has 9 heteroatoms. The second-order valence-corrected chi connectivity index (χ2v) is 10.4. The van der Waals surface area contributed by atoms with Gasteiger partial charge in [0.05, 0.1) is 0 Å². The maximum Gasteiger partial charge on any atom is 0.276 e. The largest absolute Gasteiger partial charge is 0.442 e. The molecule has 2 aromatic heterocycles. The van der Waals surface area contributed by atoms with Crippen LogP contribution in [0.3, 0.4) is 0 Å². The fourth-order valence-electron chi connectivity index (χ4n) is 3.82. The molecule has 0 radical (unpaired) electrons.